The van der Waals surface area contributed by atoms with Gasteiger partial charge < -0.3 is 0 Å². The highest BCUT2D eigenvalue weighted by atomic mass is 14.7. The second-order valence-electron chi connectivity index (χ2n) is 9.40. The normalized spacial score (nSPS) is 12.3. The summed E-state index contributed by atoms with van der Waals surface area (Å²) in [7, 11) is 0. The van der Waals surface area contributed by atoms with Crippen LogP contribution in [0.1, 0.15) is 18.1 Å². The van der Waals surface area contributed by atoms with E-state index in [4.69, 9.17) is 13.1 Å². The minimum Gasteiger partial charge on any atom is -0.226 e. The Morgan fingerprint density at radius 2 is 1.05 bits per heavy atom. The van der Waals surface area contributed by atoms with Gasteiger partial charge in [-0.25, -0.2) is 20.2 Å². The monoisotopic (exact) mass is 510 g/mol. The summed E-state index contributed by atoms with van der Waals surface area (Å²) < 4.78 is 0. The highest BCUT2D eigenvalue weighted by Gasteiger charge is 2.15. The topological polar surface area (TPSA) is 56.3 Å². The minimum atomic E-state index is -0.0356. The lowest BCUT2D eigenvalue weighted by Crippen LogP contribution is -2.18. The van der Waals surface area contributed by atoms with E-state index in [2.05, 4.69) is 21.8 Å². The molecule has 0 spiro atoms. The zero-order chi connectivity index (χ0) is 28.2. The number of hydrogen-bond acceptors (Lipinski definition) is 2. The molecule has 0 aliphatic heterocycles. The number of aryl methyl sites for hydroxylation is 1. The Morgan fingerprint density at radius 3 is 1.45 bits per heavy atom. The van der Waals surface area contributed by atoms with Crippen molar-refractivity contribution in [3.63, 3.8) is 0 Å². The Hall–Kier alpha value is -5.94. The number of fused-ring (bicyclic) bond motifs is 2. The molecule has 5 aromatic rings. The van der Waals surface area contributed by atoms with Gasteiger partial charge in [-0.05, 0) is 75.3 Å². The van der Waals surface area contributed by atoms with Gasteiger partial charge in [-0.1, -0.05) is 90.5 Å². The Morgan fingerprint density at radius 1 is 0.625 bits per heavy atom. The molecular formula is C36H22N4. The van der Waals surface area contributed by atoms with Gasteiger partial charge in [0, 0.05) is 10.4 Å². The van der Waals surface area contributed by atoms with Crippen molar-refractivity contribution >= 4 is 39.0 Å². The summed E-state index contributed by atoms with van der Waals surface area (Å²) >= 11 is 0. The molecule has 4 heteroatoms. The van der Waals surface area contributed by atoms with Crippen LogP contribution in [0, 0.1) is 42.7 Å². The summed E-state index contributed by atoms with van der Waals surface area (Å²) in [6.07, 6.45) is 4.01. The summed E-state index contributed by atoms with van der Waals surface area (Å²) in [5.41, 5.74) is 5.96. The largest absolute Gasteiger partial charge is 0.270 e. The van der Waals surface area contributed by atoms with Crippen LogP contribution < -0.4 is 10.4 Å². The van der Waals surface area contributed by atoms with E-state index >= 15 is 0 Å². The van der Waals surface area contributed by atoms with Crippen LogP contribution in [0.5, 0.6) is 0 Å². The smallest absolute Gasteiger partial charge is 0.226 e. The Kier molecular flexibility index (Phi) is 6.95. The van der Waals surface area contributed by atoms with Crippen LogP contribution in [0.25, 0.3) is 71.0 Å². The number of nitriles is 2. The molecule has 0 aromatic heterocycles. The van der Waals surface area contributed by atoms with Gasteiger partial charge in [0.1, 0.15) is 0 Å². The van der Waals surface area contributed by atoms with E-state index in [1.54, 1.807) is 0 Å². The second kappa shape index (κ2) is 10.8. The first kappa shape index (κ1) is 25.7. The molecule has 0 aliphatic carbocycles. The summed E-state index contributed by atoms with van der Waals surface area (Å²) in [4.78, 5) is 7.16. The van der Waals surface area contributed by atoms with Crippen molar-refractivity contribution < 1.29 is 0 Å². The van der Waals surface area contributed by atoms with E-state index in [9.17, 15) is 10.5 Å². The molecule has 40 heavy (non-hydrogen) atoms. The van der Waals surface area contributed by atoms with Gasteiger partial charge in [-0.3, -0.25) is 0 Å². The van der Waals surface area contributed by atoms with Crippen LogP contribution in [0.15, 0.2) is 91.0 Å². The van der Waals surface area contributed by atoms with Crippen molar-refractivity contribution in [2.75, 3.05) is 0 Å². The van der Waals surface area contributed by atoms with Crippen molar-refractivity contribution in [3.05, 3.63) is 135 Å². The third kappa shape index (κ3) is 4.48. The van der Waals surface area contributed by atoms with E-state index in [-0.39, 0.29) is 11.4 Å². The molecule has 5 aromatic carbocycles. The fourth-order valence-corrected chi connectivity index (χ4v) is 5.10. The minimum absolute atomic E-state index is 0.0348. The van der Waals surface area contributed by atoms with Crippen LogP contribution in [0.4, 0.5) is 0 Å². The van der Waals surface area contributed by atoms with E-state index < -0.39 is 0 Å². The van der Waals surface area contributed by atoms with Gasteiger partial charge in [0.25, 0.3) is 11.4 Å². The van der Waals surface area contributed by atoms with Crippen LogP contribution >= 0.6 is 0 Å². The summed E-state index contributed by atoms with van der Waals surface area (Å²) in [5, 5.41) is 23.6. The third-order valence-electron chi connectivity index (χ3n) is 7.01. The SMILES string of the molecule is [C-]#[N+]/C(C#N)=c1\c2cc(-c3ccc(/C=C/C)cc3)ccc2/c(=C(/C#N)[N+]#[C-])c2cc(-c3ccc(C)cc3)ccc12. The first-order valence-electron chi connectivity index (χ1n) is 12.7. The average molecular weight is 511 g/mol. The third-order valence-corrected chi connectivity index (χ3v) is 7.01. The molecular weight excluding hydrogens is 488 g/mol. The first-order chi connectivity index (χ1) is 19.5. The maximum atomic E-state index is 9.98. The zero-order valence-corrected chi connectivity index (χ0v) is 22.0. The molecule has 0 amide bonds. The average Bonchev–Trinajstić information content (AvgIpc) is 2.99. The maximum Gasteiger partial charge on any atom is 0.270 e. The fraction of sp³-hybridized carbons (Fsp3) is 0.0556. The maximum absolute atomic E-state index is 9.98. The molecule has 0 bridgehead atoms. The molecule has 5 rings (SSSR count). The zero-order valence-electron chi connectivity index (χ0n) is 22.0. The lowest BCUT2D eigenvalue weighted by atomic mass is 9.91. The first-order valence-corrected chi connectivity index (χ1v) is 12.7. The van der Waals surface area contributed by atoms with Gasteiger partial charge in [0.05, 0.1) is 25.3 Å². The van der Waals surface area contributed by atoms with E-state index in [0.717, 1.165) is 33.4 Å². The fourth-order valence-electron chi connectivity index (χ4n) is 5.10. The van der Waals surface area contributed by atoms with Gasteiger partial charge in [-0.15, -0.1) is 0 Å². The van der Waals surface area contributed by atoms with Crippen LogP contribution in [-0.2, 0) is 0 Å². The Labute approximate surface area is 232 Å². The standard InChI is InChI=1S/C36H22N4/c1-5-6-24-9-13-26(14-10-24)28-16-18-30-32(20-28)36(34(22-38)40-4)29-17-15-27(25-11-7-23(2)8-12-25)19-31(29)35(30)33(21-37)39-3/h5-20H,1-2H3/b6-5+,35-33+,36-34-. The van der Waals surface area contributed by atoms with E-state index in [0.29, 0.717) is 32.0 Å². The number of allylic oxidation sites excluding steroid dienone is 1. The van der Waals surface area contributed by atoms with Gasteiger partial charge in [0.2, 0.25) is 0 Å². The lowest BCUT2D eigenvalue weighted by molar-refractivity contribution is 1.47. The van der Waals surface area contributed by atoms with E-state index in [1.165, 1.54) is 0 Å². The second-order valence-corrected chi connectivity index (χ2v) is 9.40. The summed E-state index contributed by atoms with van der Waals surface area (Å²) in [5.74, 6) is 0. The van der Waals surface area contributed by atoms with Gasteiger partial charge >= 0.3 is 0 Å². The molecule has 0 saturated heterocycles. The quantitative estimate of drug-likeness (QED) is 0.184. The van der Waals surface area contributed by atoms with Crippen molar-refractivity contribution in [3.8, 4) is 34.4 Å². The highest BCUT2D eigenvalue weighted by molar-refractivity contribution is 6.06. The highest BCUT2D eigenvalue weighted by Crippen LogP contribution is 2.28. The van der Waals surface area contributed by atoms with Crippen LogP contribution in [0.3, 0.4) is 0 Å². The number of nitrogens with zero attached hydrogens (tertiary/aromatic N) is 4. The Balaban J connectivity index is 1.97. The number of benzene rings is 5. The van der Waals surface area contributed by atoms with Crippen molar-refractivity contribution in [1.29, 1.82) is 10.5 Å². The van der Waals surface area contributed by atoms with Gasteiger partial charge in [0.15, 0.2) is 0 Å². The van der Waals surface area contributed by atoms with Crippen molar-refractivity contribution in [1.82, 2.24) is 0 Å². The van der Waals surface area contributed by atoms with Crippen molar-refractivity contribution in [2.24, 2.45) is 0 Å². The van der Waals surface area contributed by atoms with Crippen molar-refractivity contribution in [2.45, 2.75) is 13.8 Å². The lowest BCUT2D eigenvalue weighted by Gasteiger charge is -2.13. The molecule has 0 heterocycles. The molecule has 0 fully saturated rings. The predicted octanol–water partition coefficient (Wildman–Crippen LogP) is 7.77. The Bertz CT molecular complexity index is 2110. The molecule has 4 nitrogen and oxygen atoms in total. The van der Waals surface area contributed by atoms with Gasteiger partial charge in [-0.2, -0.15) is 0 Å². The molecule has 0 saturated carbocycles. The predicted molar refractivity (Wildman–Crippen MR) is 162 cm³/mol. The summed E-state index contributed by atoms with van der Waals surface area (Å²) in [6, 6.07) is 32.0. The molecule has 186 valence electrons. The number of hydrogen-bond donors (Lipinski definition) is 0. The molecule has 0 radical (unpaired) electrons. The molecule has 0 N–H and O–H groups in total. The molecule has 0 aliphatic rings. The van der Waals surface area contributed by atoms with E-state index in [1.807, 2.05) is 111 Å². The summed E-state index contributed by atoms with van der Waals surface area (Å²) in [6.45, 7) is 19.6. The molecule has 0 unspecified atom stereocenters. The number of rotatable bonds is 3. The van der Waals surface area contributed by atoms with Crippen LogP contribution in [0.2, 0.25) is 0 Å². The van der Waals surface area contributed by atoms with Crippen LogP contribution in [-0.4, -0.2) is 0 Å². The molecule has 0 atom stereocenters.